The second-order valence-corrected chi connectivity index (χ2v) is 6.56. The molecule has 1 aliphatic rings. The van der Waals surface area contributed by atoms with E-state index in [1.165, 1.54) is 0 Å². The molecule has 1 aromatic carbocycles. The van der Waals surface area contributed by atoms with Gasteiger partial charge in [0, 0.05) is 24.2 Å². The maximum absolute atomic E-state index is 12.9. The number of hydrogen-bond donors (Lipinski definition) is 1. The van der Waals surface area contributed by atoms with Crippen LogP contribution in [0, 0.1) is 20.8 Å². The minimum absolute atomic E-state index is 0.0474. The molecular weight excluding hydrogens is 302 g/mol. The molecule has 0 saturated carbocycles. The third-order valence-corrected chi connectivity index (χ3v) is 4.79. The largest absolute Gasteiger partial charge is 0.361 e. The van der Waals surface area contributed by atoms with Crippen molar-refractivity contribution in [3.8, 4) is 0 Å². The van der Waals surface area contributed by atoms with Crippen LogP contribution < -0.4 is 5.32 Å². The Morgan fingerprint density at radius 3 is 2.92 bits per heavy atom. The summed E-state index contributed by atoms with van der Waals surface area (Å²) in [4.78, 5) is 14.8. The highest BCUT2D eigenvalue weighted by Gasteiger charge is 2.34. The molecule has 1 fully saturated rings. The fourth-order valence-corrected chi connectivity index (χ4v) is 3.47. The number of carbonyl (C=O) groups is 1. The van der Waals surface area contributed by atoms with E-state index >= 15 is 0 Å². The molecule has 24 heavy (non-hydrogen) atoms. The lowest BCUT2D eigenvalue weighted by molar-refractivity contribution is 0.206. The lowest BCUT2D eigenvalue weighted by Gasteiger charge is -2.25. The van der Waals surface area contributed by atoms with Crippen LogP contribution in [0.1, 0.15) is 54.0 Å². The molecular formula is C19H25N3O2. The standard InChI is InChI=1S/C19H25N3O2/c1-5-17-18(14(4)21-24-17)16-7-6-10-22(16)19(23)20-15-11-12(2)8-9-13(15)3/h8-9,11,16H,5-7,10H2,1-4H3,(H,20,23)/t16-/m0/s1. The molecule has 1 aromatic heterocycles. The van der Waals surface area contributed by atoms with Gasteiger partial charge in [-0.2, -0.15) is 0 Å². The van der Waals surface area contributed by atoms with Crippen molar-refractivity contribution in [1.82, 2.24) is 10.1 Å². The molecule has 1 N–H and O–H groups in total. The molecule has 128 valence electrons. The first-order valence-corrected chi connectivity index (χ1v) is 8.61. The van der Waals surface area contributed by atoms with E-state index in [2.05, 4.69) is 23.5 Å². The molecule has 2 amide bonds. The molecule has 0 radical (unpaired) electrons. The molecule has 5 nitrogen and oxygen atoms in total. The van der Waals surface area contributed by atoms with Crippen molar-refractivity contribution in [3.05, 3.63) is 46.3 Å². The van der Waals surface area contributed by atoms with Crippen molar-refractivity contribution in [2.75, 3.05) is 11.9 Å². The van der Waals surface area contributed by atoms with Gasteiger partial charge in [0.15, 0.2) is 0 Å². The smallest absolute Gasteiger partial charge is 0.322 e. The summed E-state index contributed by atoms with van der Waals surface area (Å²) < 4.78 is 5.43. The third-order valence-electron chi connectivity index (χ3n) is 4.79. The number of anilines is 1. The molecule has 1 saturated heterocycles. The van der Waals surface area contributed by atoms with E-state index in [0.29, 0.717) is 0 Å². The van der Waals surface area contributed by atoms with Crippen LogP contribution in [0.25, 0.3) is 0 Å². The predicted molar refractivity (Wildman–Crippen MR) is 94.2 cm³/mol. The number of amides is 2. The van der Waals surface area contributed by atoms with Crippen LogP contribution in [-0.2, 0) is 6.42 Å². The molecule has 2 aromatic rings. The number of carbonyl (C=O) groups excluding carboxylic acids is 1. The summed E-state index contributed by atoms with van der Waals surface area (Å²) >= 11 is 0. The first kappa shape index (κ1) is 16.6. The van der Waals surface area contributed by atoms with Gasteiger partial charge in [-0.15, -0.1) is 0 Å². The Balaban J connectivity index is 1.84. The lowest BCUT2D eigenvalue weighted by atomic mass is 10.0. The van der Waals surface area contributed by atoms with E-state index < -0.39 is 0 Å². The Morgan fingerprint density at radius 2 is 2.17 bits per heavy atom. The van der Waals surface area contributed by atoms with E-state index in [1.54, 1.807) is 0 Å². The van der Waals surface area contributed by atoms with Gasteiger partial charge in [-0.1, -0.05) is 24.2 Å². The van der Waals surface area contributed by atoms with Crippen molar-refractivity contribution < 1.29 is 9.32 Å². The molecule has 2 heterocycles. The van der Waals surface area contributed by atoms with Gasteiger partial charge < -0.3 is 14.7 Å². The minimum Gasteiger partial charge on any atom is -0.361 e. The first-order valence-electron chi connectivity index (χ1n) is 8.61. The molecule has 1 atom stereocenters. The predicted octanol–water partition coefficient (Wildman–Crippen LogP) is 4.53. The van der Waals surface area contributed by atoms with Gasteiger partial charge in [-0.3, -0.25) is 0 Å². The van der Waals surface area contributed by atoms with Crippen molar-refractivity contribution in [2.24, 2.45) is 0 Å². The van der Waals surface area contributed by atoms with Crippen molar-refractivity contribution >= 4 is 11.7 Å². The summed E-state index contributed by atoms with van der Waals surface area (Å²) in [5, 5.41) is 7.18. The molecule has 3 rings (SSSR count). The highest BCUT2D eigenvalue weighted by Crippen LogP contribution is 2.36. The number of hydrogen-bond acceptors (Lipinski definition) is 3. The highest BCUT2D eigenvalue weighted by molar-refractivity contribution is 5.90. The number of aromatic nitrogens is 1. The Kier molecular flexibility index (Phi) is 4.60. The van der Waals surface area contributed by atoms with Crippen LogP contribution in [0.2, 0.25) is 0 Å². The Bertz CT molecular complexity index is 751. The van der Waals surface area contributed by atoms with Gasteiger partial charge in [-0.25, -0.2) is 4.79 Å². The van der Waals surface area contributed by atoms with Crippen molar-refractivity contribution in [1.29, 1.82) is 0 Å². The number of urea groups is 1. The zero-order chi connectivity index (χ0) is 17.3. The zero-order valence-corrected chi connectivity index (χ0v) is 14.8. The van der Waals surface area contributed by atoms with Gasteiger partial charge in [0.2, 0.25) is 0 Å². The van der Waals surface area contributed by atoms with E-state index in [-0.39, 0.29) is 12.1 Å². The number of nitrogens with zero attached hydrogens (tertiary/aromatic N) is 2. The molecule has 0 unspecified atom stereocenters. The molecule has 0 bridgehead atoms. The number of rotatable bonds is 3. The second-order valence-electron chi connectivity index (χ2n) is 6.56. The van der Waals surface area contributed by atoms with Gasteiger partial charge >= 0.3 is 6.03 Å². The van der Waals surface area contributed by atoms with Crippen LogP contribution in [0.3, 0.4) is 0 Å². The summed E-state index contributed by atoms with van der Waals surface area (Å²) in [5.41, 5.74) is 5.06. The SMILES string of the molecule is CCc1onc(C)c1[C@@H]1CCCN1C(=O)Nc1cc(C)ccc1C. The maximum atomic E-state index is 12.9. The second kappa shape index (κ2) is 6.67. The quantitative estimate of drug-likeness (QED) is 0.901. The lowest BCUT2D eigenvalue weighted by Crippen LogP contribution is -2.35. The summed E-state index contributed by atoms with van der Waals surface area (Å²) in [5.74, 6) is 0.893. The monoisotopic (exact) mass is 327 g/mol. The zero-order valence-electron chi connectivity index (χ0n) is 14.8. The third kappa shape index (κ3) is 3.03. The van der Waals surface area contributed by atoms with E-state index in [1.807, 2.05) is 37.8 Å². The summed E-state index contributed by atoms with van der Waals surface area (Å²) in [6.07, 6.45) is 2.74. The summed E-state index contributed by atoms with van der Waals surface area (Å²) in [7, 11) is 0. The fraction of sp³-hybridized carbons (Fsp3) is 0.474. The van der Waals surface area contributed by atoms with Crippen molar-refractivity contribution in [2.45, 2.75) is 53.0 Å². The van der Waals surface area contributed by atoms with Crippen LogP contribution in [0.15, 0.2) is 22.7 Å². The van der Waals surface area contributed by atoms with Crippen LogP contribution >= 0.6 is 0 Å². The average molecular weight is 327 g/mol. The van der Waals surface area contributed by atoms with E-state index in [9.17, 15) is 4.79 Å². The molecule has 1 aliphatic heterocycles. The summed E-state index contributed by atoms with van der Waals surface area (Å²) in [6.45, 7) is 8.81. The van der Waals surface area contributed by atoms with Crippen LogP contribution in [-0.4, -0.2) is 22.6 Å². The van der Waals surface area contributed by atoms with Crippen LogP contribution in [0.5, 0.6) is 0 Å². The number of benzene rings is 1. The Labute approximate surface area is 143 Å². The minimum atomic E-state index is -0.0474. The molecule has 5 heteroatoms. The van der Waals surface area contributed by atoms with Gasteiger partial charge in [0.05, 0.1) is 11.7 Å². The Morgan fingerprint density at radius 1 is 1.38 bits per heavy atom. The average Bonchev–Trinajstić information content (AvgIpc) is 3.16. The van der Waals surface area contributed by atoms with E-state index in [0.717, 1.165) is 59.6 Å². The summed E-state index contributed by atoms with van der Waals surface area (Å²) in [6, 6.07) is 6.11. The highest BCUT2D eigenvalue weighted by atomic mass is 16.5. The molecule has 0 spiro atoms. The number of nitrogens with one attached hydrogen (secondary N) is 1. The first-order chi connectivity index (χ1) is 11.5. The maximum Gasteiger partial charge on any atom is 0.322 e. The number of likely N-dealkylation sites (tertiary alicyclic amines) is 1. The van der Waals surface area contributed by atoms with Gasteiger partial charge in [-0.05, 0) is 50.8 Å². The van der Waals surface area contributed by atoms with E-state index in [4.69, 9.17) is 4.52 Å². The van der Waals surface area contributed by atoms with Crippen LogP contribution in [0.4, 0.5) is 10.5 Å². The van der Waals surface area contributed by atoms with Crippen molar-refractivity contribution in [3.63, 3.8) is 0 Å². The Hall–Kier alpha value is -2.30. The van der Waals surface area contributed by atoms with Gasteiger partial charge in [0.1, 0.15) is 5.76 Å². The molecule has 0 aliphatic carbocycles. The fourth-order valence-electron chi connectivity index (χ4n) is 3.47. The van der Waals surface area contributed by atoms with Gasteiger partial charge in [0.25, 0.3) is 0 Å². The number of aryl methyl sites for hydroxylation is 4. The normalized spacial score (nSPS) is 17.3. The topological polar surface area (TPSA) is 58.4 Å².